The van der Waals surface area contributed by atoms with Crippen molar-refractivity contribution in [3.8, 4) is 0 Å². The van der Waals surface area contributed by atoms with Crippen LogP contribution in [0.4, 0.5) is 0 Å². The van der Waals surface area contributed by atoms with Gasteiger partial charge >= 0.3 is 11.9 Å². The summed E-state index contributed by atoms with van der Waals surface area (Å²) >= 11 is 6.07. The molecule has 0 spiro atoms. The highest BCUT2D eigenvalue weighted by Crippen LogP contribution is 2.39. The summed E-state index contributed by atoms with van der Waals surface area (Å²) in [4.78, 5) is 38.8. The maximum Gasteiger partial charge on any atom is 0.346 e. The van der Waals surface area contributed by atoms with Gasteiger partial charge in [0.25, 0.3) is 5.91 Å². The first-order chi connectivity index (χ1) is 24.2. The molecule has 4 aromatic rings. The maximum absolute atomic E-state index is 12.8. The van der Waals surface area contributed by atoms with Crippen molar-refractivity contribution in [1.29, 1.82) is 0 Å². The molecule has 7 rings (SSSR count). The number of cyclic esters (lactones) is 2. The minimum absolute atomic E-state index is 0.0345. The summed E-state index contributed by atoms with van der Waals surface area (Å²) in [5.74, 6) is -1.86. The van der Waals surface area contributed by atoms with Crippen LogP contribution in [0.1, 0.15) is 90.5 Å². The second kappa shape index (κ2) is 14.4. The third-order valence-corrected chi connectivity index (χ3v) is 10.0. The van der Waals surface area contributed by atoms with E-state index in [1.54, 1.807) is 0 Å². The van der Waals surface area contributed by atoms with Gasteiger partial charge in [0.05, 0.1) is 35.5 Å². The fraction of sp³-hybridized carbons (Fsp3) is 0.308. The Morgan fingerprint density at radius 3 is 2.20 bits per heavy atom. The molecule has 3 aliphatic rings. The minimum atomic E-state index is -0.895. The van der Waals surface area contributed by atoms with Crippen molar-refractivity contribution in [3.63, 3.8) is 0 Å². The number of hydrogen-bond donors (Lipinski definition) is 3. The molecule has 3 atom stereocenters. The van der Waals surface area contributed by atoms with Crippen LogP contribution in [0.5, 0.6) is 0 Å². The molecule has 0 radical (unpaired) electrons. The van der Waals surface area contributed by atoms with Gasteiger partial charge in [0, 0.05) is 48.7 Å². The van der Waals surface area contributed by atoms with Gasteiger partial charge in [-0.2, -0.15) is 0 Å². The van der Waals surface area contributed by atoms with Gasteiger partial charge in [-0.05, 0) is 65.4 Å². The summed E-state index contributed by atoms with van der Waals surface area (Å²) in [6.07, 6.45) is 0.835. The number of ether oxygens (including phenoxy) is 3. The fourth-order valence-corrected chi connectivity index (χ4v) is 6.90. The summed E-state index contributed by atoms with van der Waals surface area (Å²) in [5, 5.41) is 24.4. The van der Waals surface area contributed by atoms with Crippen molar-refractivity contribution in [1.82, 2.24) is 10.2 Å². The molecular formula is C39H37ClN2O8. The van der Waals surface area contributed by atoms with E-state index in [1.165, 1.54) is 18.2 Å². The number of carbonyl (C=O) groups is 3. The van der Waals surface area contributed by atoms with Gasteiger partial charge in [0.15, 0.2) is 6.29 Å². The van der Waals surface area contributed by atoms with E-state index in [2.05, 4.69) is 15.0 Å². The normalized spacial score (nSPS) is 21.8. The van der Waals surface area contributed by atoms with E-state index >= 15 is 0 Å². The molecule has 258 valence electrons. The average molecular weight is 697 g/mol. The topological polar surface area (TPSA) is 135 Å². The summed E-state index contributed by atoms with van der Waals surface area (Å²) < 4.78 is 17.7. The van der Waals surface area contributed by atoms with E-state index in [0.717, 1.165) is 27.8 Å². The molecule has 0 saturated carbocycles. The third-order valence-electron chi connectivity index (χ3n) is 9.75. The molecule has 10 nitrogen and oxygen atoms in total. The zero-order chi connectivity index (χ0) is 34.8. The molecule has 1 amide bonds. The van der Waals surface area contributed by atoms with Crippen molar-refractivity contribution >= 4 is 29.4 Å². The predicted molar refractivity (Wildman–Crippen MR) is 183 cm³/mol. The molecule has 3 heterocycles. The fourth-order valence-electron chi connectivity index (χ4n) is 6.78. The van der Waals surface area contributed by atoms with Crippen molar-refractivity contribution in [2.45, 2.75) is 56.5 Å². The Hall–Kier alpha value is -4.42. The molecule has 2 saturated heterocycles. The third kappa shape index (κ3) is 7.36. The van der Waals surface area contributed by atoms with Gasteiger partial charge in [-0.25, -0.2) is 9.59 Å². The van der Waals surface area contributed by atoms with Crippen LogP contribution in [0, 0.1) is 0 Å². The second-order valence-corrected chi connectivity index (χ2v) is 13.5. The Bertz CT molecular complexity index is 1870. The predicted octanol–water partition coefficient (Wildman–Crippen LogP) is 5.60. The highest BCUT2D eigenvalue weighted by atomic mass is 35.5. The number of esters is 2. The Morgan fingerprint density at radius 1 is 0.840 bits per heavy atom. The van der Waals surface area contributed by atoms with E-state index in [4.69, 9.17) is 21.1 Å². The van der Waals surface area contributed by atoms with Crippen LogP contribution in [0.2, 0.25) is 5.02 Å². The van der Waals surface area contributed by atoms with Gasteiger partial charge in [0.1, 0.15) is 0 Å². The second-order valence-electron chi connectivity index (χ2n) is 13.1. The van der Waals surface area contributed by atoms with Crippen LogP contribution < -0.4 is 5.32 Å². The molecule has 4 aromatic carbocycles. The summed E-state index contributed by atoms with van der Waals surface area (Å²) in [7, 11) is 0. The number of nitrogens with one attached hydrogen (secondary N) is 1. The number of likely N-dealkylation sites (tertiary alicyclic amines) is 1. The number of aliphatic hydroxyl groups excluding tert-OH is 1. The number of amides is 1. The lowest BCUT2D eigenvalue weighted by atomic mass is 9.84. The van der Waals surface area contributed by atoms with E-state index in [1.807, 2.05) is 72.8 Å². The van der Waals surface area contributed by atoms with Crippen LogP contribution in [0.3, 0.4) is 0 Å². The van der Waals surface area contributed by atoms with Crippen molar-refractivity contribution in [2.24, 2.45) is 0 Å². The molecule has 3 N–H and O–H groups in total. The van der Waals surface area contributed by atoms with Gasteiger partial charge in [-0.15, -0.1) is 0 Å². The number of benzene rings is 4. The van der Waals surface area contributed by atoms with Crippen LogP contribution >= 0.6 is 11.6 Å². The average Bonchev–Trinajstić information content (AvgIpc) is 3.43. The lowest BCUT2D eigenvalue weighted by Gasteiger charge is -2.42. The Labute approximate surface area is 294 Å². The molecule has 0 bridgehead atoms. The highest BCUT2D eigenvalue weighted by Gasteiger charge is 2.37. The van der Waals surface area contributed by atoms with Gasteiger partial charge in [0.2, 0.25) is 0 Å². The van der Waals surface area contributed by atoms with Gasteiger partial charge in [-0.3, -0.25) is 4.79 Å². The number of piperidine rings is 1. The molecule has 3 aliphatic heterocycles. The van der Waals surface area contributed by atoms with Crippen LogP contribution in [0.25, 0.3) is 0 Å². The Kier molecular flexibility index (Phi) is 9.83. The lowest BCUT2D eigenvalue weighted by molar-refractivity contribution is -0.253. The largest absolute Gasteiger partial charge is 0.392 e. The molecule has 11 heteroatoms. The number of rotatable bonds is 9. The highest BCUT2D eigenvalue weighted by molar-refractivity contribution is 6.30. The van der Waals surface area contributed by atoms with Crippen molar-refractivity contribution < 1.29 is 38.8 Å². The number of halogens is 1. The van der Waals surface area contributed by atoms with E-state index in [0.29, 0.717) is 43.9 Å². The summed E-state index contributed by atoms with van der Waals surface area (Å²) in [5.41, 5.74) is 3.98. The summed E-state index contributed by atoms with van der Waals surface area (Å²) in [6, 6.07) is 27.1. The molecule has 2 fully saturated rings. The van der Waals surface area contributed by atoms with E-state index in [9.17, 15) is 24.6 Å². The van der Waals surface area contributed by atoms with E-state index in [-0.39, 0.29) is 48.0 Å². The zero-order valence-corrected chi connectivity index (χ0v) is 28.0. The number of aliphatic hydroxyl groups is 2. The SMILES string of the molecule is O=C(NCc1ccc(C2OC(CN3CCC(O)(c4ccc(Cl)cc4)CC3)CC(c3ccc(CO)cc3)O2)cc1)c1ccc2c(c1)C(=O)OC2=O. The molecule has 0 aromatic heterocycles. The Morgan fingerprint density at radius 2 is 1.50 bits per heavy atom. The monoisotopic (exact) mass is 696 g/mol. The first-order valence-electron chi connectivity index (χ1n) is 16.7. The number of carbonyl (C=O) groups excluding carboxylic acids is 3. The zero-order valence-electron chi connectivity index (χ0n) is 27.2. The van der Waals surface area contributed by atoms with Gasteiger partial charge in [-0.1, -0.05) is 72.3 Å². The first kappa shape index (κ1) is 34.0. The van der Waals surface area contributed by atoms with Crippen LogP contribution in [0.15, 0.2) is 91.0 Å². The maximum atomic E-state index is 12.8. The molecule has 3 unspecified atom stereocenters. The van der Waals surface area contributed by atoms with Crippen molar-refractivity contribution in [2.75, 3.05) is 19.6 Å². The van der Waals surface area contributed by atoms with Gasteiger partial charge < -0.3 is 34.6 Å². The summed E-state index contributed by atoms with van der Waals surface area (Å²) in [6.45, 7) is 2.32. The Balaban J connectivity index is 1.01. The van der Waals surface area contributed by atoms with Crippen LogP contribution in [-0.2, 0) is 33.0 Å². The smallest absolute Gasteiger partial charge is 0.346 e. The lowest BCUT2D eigenvalue weighted by Crippen LogP contribution is -2.46. The molecule has 50 heavy (non-hydrogen) atoms. The number of hydrogen-bond acceptors (Lipinski definition) is 9. The van der Waals surface area contributed by atoms with E-state index < -0.39 is 23.8 Å². The standard InChI is InChI=1S/C39H37ClN2O8/c40-30-12-10-29(11-13-30)39(47)15-17-42(18-16-39)22-31-20-34(26-5-3-25(23-43)4-6-26)49-38(48-31)27-7-1-24(2-8-27)21-41-35(44)28-9-14-32-33(19-28)37(46)50-36(32)45/h1-14,19,31,34,38,43,47H,15-18,20-23H2,(H,41,44). The number of fused-ring (bicyclic) bond motifs is 1. The van der Waals surface area contributed by atoms with Crippen LogP contribution in [-0.4, -0.2) is 58.7 Å². The minimum Gasteiger partial charge on any atom is -0.392 e. The molecular weight excluding hydrogens is 660 g/mol. The first-order valence-corrected chi connectivity index (χ1v) is 17.0. The molecule has 0 aliphatic carbocycles. The van der Waals surface area contributed by atoms with Crippen molar-refractivity contribution in [3.05, 3.63) is 141 Å². The number of nitrogens with zero attached hydrogens (tertiary/aromatic N) is 1. The quantitative estimate of drug-likeness (QED) is 0.151.